The van der Waals surface area contributed by atoms with Crippen LogP contribution in [0, 0.1) is 0 Å². The number of alkyl carbamates (subject to hydrolysis) is 1. The Morgan fingerprint density at radius 1 is 1.16 bits per heavy atom. The Morgan fingerprint density at radius 3 is 2.37 bits per heavy atom. The summed E-state index contributed by atoms with van der Waals surface area (Å²) >= 11 is 0. The molecule has 0 aliphatic carbocycles. The summed E-state index contributed by atoms with van der Waals surface area (Å²) in [6.45, 7) is 7.93. The zero-order valence-electron chi connectivity index (χ0n) is 11.4. The Bertz CT molecular complexity index is 342. The molecule has 0 bridgehead atoms. The minimum Gasteiger partial charge on any atom is -0.450 e. The van der Waals surface area contributed by atoms with Crippen LogP contribution >= 0.6 is 0 Å². The predicted molar refractivity (Wildman–Crippen MR) is 70.6 cm³/mol. The Kier molecular flexibility index (Phi) is 8.86. The lowest BCUT2D eigenvalue weighted by Gasteiger charge is -2.07. The smallest absolute Gasteiger partial charge is 0.407 e. The molecular weight excluding hydrogens is 250 g/mol. The van der Waals surface area contributed by atoms with E-state index < -0.39 is 18.0 Å². The van der Waals surface area contributed by atoms with Crippen molar-refractivity contribution in [1.29, 1.82) is 0 Å². The monoisotopic (exact) mass is 271 g/mol. The predicted octanol–water partition coefficient (Wildman–Crippen LogP) is 0.915. The molecule has 3 N–H and O–H groups in total. The first-order valence-corrected chi connectivity index (χ1v) is 6.12. The van der Waals surface area contributed by atoms with E-state index in [1.807, 2.05) is 6.92 Å². The van der Waals surface area contributed by atoms with Gasteiger partial charge in [0.2, 0.25) is 0 Å². The minimum absolute atomic E-state index is 0.260. The van der Waals surface area contributed by atoms with Crippen molar-refractivity contribution in [1.82, 2.24) is 16.0 Å². The van der Waals surface area contributed by atoms with Gasteiger partial charge in [-0.3, -0.25) is 10.1 Å². The Balaban J connectivity index is 3.54. The zero-order valence-corrected chi connectivity index (χ0v) is 11.4. The number of imide groups is 1. The van der Waals surface area contributed by atoms with Crippen molar-refractivity contribution in [2.24, 2.45) is 0 Å². The van der Waals surface area contributed by atoms with E-state index in [0.29, 0.717) is 26.1 Å². The van der Waals surface area contributed by atoms with Crippen LogP contribution < -0.4 is 16.0 Å². The summed E-state index contributed by atoms with van der Waals surface area (Å²) in [7, 11) is 0. The molecule has 0 atom stereocenters. The average molecular weight is 271 g/mol. The number of carbonyl (C=O) groups is 3. The second-order valence-electron chi connectivity index (χ2n) is 3.91. The van der Waals surface area contributed by atoms with Crippen molar-refractivity contribution < 1.29 is 19.1 Å². The van der Waals surface area contributed by atoms with Gasteiger partial charge in [0.15, 0.2) is 0 Å². The van der Waals surface area contributed by atoms with Gasteiger partial charge in [-0.2, -0.15) is 0 Å². The van der Waals surface area contributed by atoms with Crippen LogP contribution in [-0.2, 0) is 9.53 Å². The first-order valence-electron chi connectivity index (χ1n) is 6.12. The maximum absolute atomic E-state index is 11.2. The molecule has 19 heavy (non-hydrogen) atoms. The maximum atomic E-state index is 11.2. The average Bonchev–Trinajstić information content (AvgIpc) is 2.35. The van der Waals surface area contributed by atoms with Crippen molar-refractivity contribution in [3.63, 3.8) is 0 Å². The molecule has 0 aromatic heterocycles. The molecule has 0 spiro atoms. The number of ether oxygens (including phenoxy) is 1. The molecule has 7 heteroatoms. The van der Waals surface area contributed by atoms with Crippen molar-refractivity contribution in [3.05, 3.63) is 12.2 Å². The first-order chi connectivity index (χ1) is 8.97. The summed E-state index contributed by atoms with van der Waals surface area (Å²) in [5.41, 5.74) is 0.260. The molecule has 0 saturated heterocycles. The summed E-state index contributed by atoms with van der Waals surface area (Å²) in [5, 5.41) is 7.12. The van der Waals surface area contributed by atoms with Gasteiger partial charge < -0.3 is 15.4 Å². The van der Waals surface area contributed by atoms with E-state index in [1.54, 1.807) is 0 Å². The molecule has 0 fully saturated rings. The van der Waals surface area contributed by atoms with Crippen molar-refractivity contribution in [2.45, 2.75) is 26.7 Å². The fraction of sp³-hybridized carbons (Fsp3) is 0.583. The number of nitrogens with one attached hydrogen (secondary N) is 3. The van der Waals surface area contributed by atoms with Gasteiger partial charge in [-0.15, -0.1) is 0 Å². The summed E-state index contributed by atoms with van der Waals surface area (Å²) < 4.78 is 4.79. The zero-order chi connectivity index (χ0) is 14.7. The highest BCUT2D eigenvalue weighted by Gasteiger charge is 2.06. The van der Waals surface area contributed by atoms with E-state index in [1.165, 1.54) is 6.92 Å². The molecule has 0 aliphatic rings. The third kappa shape index (κ3) is 9.63. The standard InChI is InChI=1S/C12H21N3O4/c1-4-8-19-12(18)14-7-5-6-13-11(17)15-10(16)9(2)3/h2,4-8H2,1,3H3,(H,14,18)(H2,13,15,16,17). The lowest BCUT2D eigenvalue weighted by atomic mass is 10.3. The highest BCUT2D eigenvalue weighted by Crippen LogP contribution is 1.85. The molecule has 0 rings (SSSR count). The fourth-order valence-corrected chi connectivity index (χ4v) is 0.981. The van der Waals surface area contributed by atoms with Gasteiger partial charge in [0.25, 0.3) is 5.91 Å². The van der Waals surface area contributed by atoms with E-state index in [0.717, 1.165) is 6.42 Å². The van der Waals surface area contributed by atoms with Crippen LogP contribution in [0.25, 0.3) is 0 Å². The van der Waals surface area contributed by atoms with E-state index in [2.05, 4.69) is 22.5 Å². The summed E-state index contributed by atoms with van der Waals surface area (Å²) in [6.07, 6.45) is 0.839. The Hall–Kier alpha value is -2.05. The van der Waals surface area contributed by atoms with Crippen molar-refractivity contribution in [3.8, 4) is 0 Å². The third-order valence-electron chi connectivity index (χ3n) is 1.96. The molecule has 0 unspecified atom stereocenters. The number of rotatable bonds is 7. The lowest BCUT2D eigenvalue weighted by Crippen LogP contribution is -2.40. The van der Waals surface area contributed by atoms with Gasteiger partial charge in [0.05, 0.1) is 6.61 Å². The first kappa shape index (κ1) is 16.9. The van der Waals surface area contributed by atoms with Crippen molar-refractivity contribution in [2.75, 3.05) is 19.7 Å². The van der Waals surface area contributed by atoms with E-state index in [-0.39, 0.29) is 5.57 Å². The molecule has 7 nitrogen and oxygen atoms in total. The second kappa shape index (κ2) is 9.93. The van der Waals surface area contributed by atoms with Crippen LogP contribution in [0.4, 0.5) is 9.59 Å². The van der Waals surface area contributed by atoms with Gasteiger partial charge >= 0.3 is 12.1 Å². The third-order valence-corrected chi connectivity index (χ3v) is 1.96. The van der Waals surface area contributed by atoms with Crippen molar-refractivity contribution >= 4 is 18.0 Å². The summed E-state index contributed by atoms with van der Waals surface area (Å²) in [4.78, 5) is 33.3. The highest BCUT2D eigenvalue weighted by molar-refractivity contribution is 6.02. The quantitative estimate of drug-likeness (QED) is 0.473. The van der Waals surface area contributed by atoms with Crippen LogP contribution in [0.2, 0.25) is 0 Å². The summed E-state index contributed by atoms with van der Waals surface area (Å²) in [6, 6.07) is -0.582. The molecule has 0 saturated carbocycles. The van der Waals surface area contributed by atoms with E-state index in [4.69, 9.17) is 4.74 Å². The maximum Gasteiger partial charge on any atom is 0.407 e. The molecular formula is C12H21N3O4. The molecule has 0 aromatic carbocycles. The van der Waals surface area contributed by atoms with Gasteiger partial charge in [0.1, 0.15) is 0 Å². The Labute approximate surface area is 112 Å². The molecule has 0 radical (unpaired) electrons. The van der Waals surface area contributed by atoms with Crippen LogP contribution in [0.15, 0.2) is 12.2 Å². The molecule has 0 heterocycles. The van der Waals surface area contributed by atoms with E-state index in [9.17, 15) is 14.4 Å². The Morgan fingerprint density at radius 2 is 1.79 bits per heavy atom. The van der Waals surface area contributed by atoms with Crippen LogP contribution in [0.3, 0.4) is 0 Å². The van der Waals surface area contributed by atoms with Crippen LogP contribution in [0.5, 0.6) is 0 Å². The highest BCUT2D eigenvalue weighted by atomic mass is 16.5. The van der Waals surface area contributed by atoms with Crippen LogP contribution in [-0.4, -0.2) is 37.7 Å². The van der Waals surface area contributed by atoms with Gasteiger partial charge in [-0.25, -0.2) is 9.59 Å². The van der Waals surface area contributed by atoms with E-state index >= 15 is 0 Å². The number of carbonyl (C=O) groups excluding carboxylic acids is 3. The van der Waals surface area contributed by atoms with Gasteiger partial charge in [-0.1, -0.05) is 13.5 Å². The topological polar surface area (TPSA) is 96.5 Å². The van der Waals surface area contributed by atoms with Gasteiger partial charge in [-0.05, 0) is 19.8 Å². The van der Waals surface area contributed by atoms with Crippen LogP contribution in [0.1, 0.15) is 26.7 Å². The molecule has 0 aromatic rings. The largest absolute Gasteiger partial charge is 0.450 e. The second-order valence-corrected chi connectivity index (χ2v) is 3.91. The normalized spacial score (nSPS) is 9.37. The lowest BCUT2D eigenvalue weighted by molar-refractivity contribution is -0.116. The molecule has 0 aliphatic heterocycles. The number of hydrogen-bond donors (Lipinski definition) is 3. The number of hydrogen-bond acceptors (Lipinski definition) is 4. The molecule has 108 valence electrons. The minimum atomic E-state index is -0.582. The number of urea groups is 1. The number of amides is 4. The fourth-order valence-electron chi connectivity index (χ4n) is 0.981. The molecule has 4 amide bonds. The summed E-state index contributed by atoms with van der Waals surface area (Å²) in [5.74, 6) is -0.515. The van der Waals surface area contributed by atoms with Gasteiger partial charge in [0, 0.05) is 18.7 Å². The SMILES string of the molecule is C=C(C)C(=O)NC(=O)NCCCNC(=O)OCCC.